The molecule has 2 fully saturated rings. The summed E-state index contributed by atoms with van der Waals surface area (Å²) in [5.74, 6) is -0.632. The predicted molar refractivity (Wildman–Crippen MR) is 94.7 cm³/mol. The lowest BCUT2D eigenvalue weighted by atomic mass is 10.1. The molecule has 0 spiro atoms. The fourth-order valence-corrected chi connectivity index (χ4v) is 3.12. The maximum absolute atomic E-state index is 12.1. The van der Waals surface area contributed by atoms with Gasteiger partial charge in [-0.25, -0.2) is 4.79 Å². The molecule has 0 saturated carbocycles. The third-order valence-corrected chi connectivity index (χ3v) is 4.35. The van der Waals surface area contributed by atoms with Crippen LogP contribution in [0.1, 0.15) is 26.2 Å². The van der Waals surface area contributed by atoms with Crippen molar-refractivity contribution in [2.75, 3.05) is 19.8 Å². The number of fused-ring (bicyclic) bond motifs is 1. The van der Waals surface area contributed by atoms with E-state index >= 15 is 0 Å². The fourth-order valence-electron chi connectivity index (χ4n) is 3.05. The van der Waals surface area contributed by atoms with Crippen LogP contribution in [0.25, 0.3) is 0 Å². The van der Waals surface area contributed by atoms with E-state index < -0.39 is 65.0 Å². The number of halogens is 1. The maximum atomic E-state index is 12.1. The Morgan fingerprint density at radius 2 is 1.71 bits per heavy atom. The monoisotopic (exact) mass is 472 g/mol. The number of ether oxygens (including phenoxy) is 5. The first kappa shape index (κ1) is 24.6. The molecule has 16 heteroatoms. The summed E-state index contributed by atoms with van der Waals surface area (Å²) in [6.45, 7) is 0.833. The lowest BCUT2D eigenvalue weighted by molar-refractivity contribution is -0.790. The van der Waals surface area contributed by atoms with Crippen molar-refractivity contribution in [2.24, 2.45) is 0 Å². The SMILES string of the molecule is CC(Cl)OC(=O)O[C@@H]1CO[C@H]2[C@H]1OC[C@H]2OC(=O)CCCC(CO[N+](=O)[O-])O[N+](=O)[O-]. The summed E-state index contributed by atoms with van der Waals surface area (Å²) in [5.41, 5.74) is -0.870. The number of hydrogen-bond donors (Lipinski definition) is 0. The van der Waals surface area contributed by atoms with Crippen LogP contribution < -0.4 is 0 Å². The summed E-state index contributed by atoms with van der Waals surface area (Å²) in [6, 6.07) is 0. The van der Waals surface area contributed by atoms with Gasteiger partial charge in [-0.05, 0) is 19.8 Å². The summed E-state index contributed by atoms with van der Waals surface area (Å²) in [5, 5.41) is 18.4. The van der Waals surface area contributed by atoms with Crippen molar-refractivity contribution in [3.63, 3.8) is 0 Å². The summed E-state index contributed by atoms with van der Waals surface area (Å²) in [4.78, 5) is 52.6. The van der Waals surface area contributed by atoms with Crippen LogP contribution in [-0.4, -0.2) is 78.2 Å². The first-order valence-corrected chi connectivity index (χ1v) is 9.61. The number of esters is 1. The van der Waals surface area contributed by atoms with Gasteiger partial charge in [0.2, 0.25) is 0 Å². The Kier molecular flexibility index (Phi) is 9.26. The van der Waals surface area contributed by atoms with E-state index in [1.54, 1.807) is 0 Å². The third kappa shape index (κ3) is 8.18. The zero-order valence-electron chi connectivity index (χ0n) is 16.3. The van der Waals surface area contributed by atoms with Gasteiger partial charge in [-0.2, -0.15) is 0 Å². The van der Waals surface area contributed by atoms with Crippen LogP contribution in [0.5, 0.6) is 0 Å². The molecule has 31 heavy (non-hydrogen) atoms. The van der Waals surface area contributed by atoms with E-state index in [-0.39, 0.29) is 32.5 Å². The Balaban J connectivity index is 1.73. The van der Waals surface area contributed by atoms with Crippen LogP contribution in [-0.2, 0) is 38.2 Å². The van der Waals surface area contributed by atoms with Gasteiger partial charge in [0, 0.05) is 6.42 Å². The average Bonchev–Trinajstić information content (AvgIpc) is 3.22. The van der Waals surface area contributed by atoms with Gasteiger partial charge >= 0.3 is 12.1 Å². The van der Waals surface area contributed by atoms with E-state index in [9.17, 15) is 29.8 Å². The minimum absolute atomic E-state index is 0.0194. The third-order valence-electron chi connectivity index (χ3n) is 4.26. The van der Waals surface area contributed by atoms with Crippen LogP contribution >= 0.6 is 11.6 Å². The van der Waals surface area contributed by atoms with Crippen molar-refractivity contribution in [1.82, 2.24) is 0 Å². The van der Waals surface area contributed by atoms with Crippen LogP contribution in [0.2, 0.25) is 0 Å². The molecule has 0 bridgehead atoms. The van der Waals surface area contributed by atoms with Gasteiger partial charge in [-0.3, -0.25) is 4.79 Å². The largest absolute Gasteiger partial charge is 0.510 e. The van der Waals surface area contributed by atoms with Gasteiger partial charge in [0.25, 0.3) is 10.2 Å². The van der Waals surface area contributed by atoms with E-state index in [4.69, 9.17) is 30.5 Å². The smallest absolute Gasteiger partial charge is 0.457 e. The van der Waals surface area contributed by atoms with Gasteiger partial charge in [0.1, 0.15) is 24.9 Å². The number of hydrogen-bond acceptors (Lipinski definition) is 13. The van der Waals surface area contributed by atoms with Gasteiger partial charge in [0.05, 0.1) is 13.2 Å². The Bertz CT molecular complexity index is 663. The molecular formula is C15H21ClN2O13. The zero-order valence-corrected chi connectivity index (χ0v) is 17.0. The first-order valence-electron chi connectivity index (χ1n) is 9.18. The highest BCUT2D eigenvalue weighted by atomic mass is 35.5. The number of carbonyl (C=O) groups is 2. The first-order chi connectivity index (χ1) is 14.7. The normalized spacial score (nSPS) is 26.3. The molecule has 0 aromatic rings. The average molecular weight is 473 g/mol. The van der Waals surface area contributed by atoms with Crippen molar-refractivity contribution in [2.45, 2.75) is 62.3 Å². The number of alkyl halides is 1. The number of carbonyl (C=O) groups excluding carboxylic acids is 2. The van der Waals surface area contributed by atoms with E-state index in [2.05, 4.69) is 14.4 Å². The Morgan fingerprint density at radius 1 is 1.10 bits per heavy atom. The highest BCUT2D eigenvalue weighted by molar-refractivity contribution is 6.19. The van der Waals surface area contributed by atoms with Gasteiger partial charge in [0.15, 0.2) is 17.8 Å². The summed E-state index contributed by atoms with van der Waals surface area (Å²) >= 11 is 5.55. The second-order valence-corrected chi connectivity index (χ2v) is 7.17. The van der Waals surface area contributed by atoms with Crippen molar-refractivity contribution >= 4 is 23.7 Å². The fraction of sp³-hybridized carbons (Fsp3) is 0.867. The lowest BCUT2D eigenvalue weighted by Crippen LogP contribution is -2.36. The Hall–Kier alpha value is -2.65. The molecule has 2 heterocycles. The molecule has 15 nitrogen and oxygen atoms in total. The van der Waals surface area contributed by atoms with Crippen LogP contribution in [0.4, 0.5) is 4.79 Å². The van der Waals surface area contributed by atoms with Crippen molar-refractivity contribution < 1.29 is 53.1 Å². The van der Waals surface area contributed by atoms with Gasteiger partial charge < -0.3 is 33.4 Å². The molecule has 0 N–H and O–H groups in total. The van der Waals surface area contributed by atoms with Gasteiger partial charge in [-0.1, -0.05) is 11.6 Å². The molecule has 2 unspecified atom stereocenters. The predicted octanol–water partition coefficient (Wildman–Crippen LogP) is 0.758. The molecule has 2 aliphatic rings. The molecule has 2 aliphatic heterocycles. The second kappa shape index (κ2) is 11.7. The van der Waals surface area contributed by atoms with Crippen LogP contribution in [0, 0.1) is 20.2 Å². The van der Waals surface area contributed by atoms with E-state index in [1.807, 2.05) is 0 Å². The van der Waals surface area contributed by atoms with Gasteiger partial charge in [-0.15, -0.1) is 20.2 Å². The van der Waals surface area contributed by atoms with E-state index in [0.717, 1.165) is 0 Å². The Labute approximate surface area is 179 Å². The quantitative estimate of drug-likeness (QED) is 0.168. The van der Waals surface area contributed by atoms with Crippen molar-refractivity contribution in [3.05, 3.63) is 20.2 Å². The molecule has 0 radical (unpaired) electrons. The standard InChI is InChI=1S/C15H21ClN2O13/c1-8(16)28-15(20)30-11-7-26-13-10(6-25-14(11)13)29-12(19)4-2-3-9(31-18(23)24)5-27-17(21)22/h8-11,13-14H,2-7H2,1H3/t8?,9?,10-,11-,13-,14+/m1/s1. The Morgan fingerprint density at radius 3 is 2.26 bits per heavy atom. The highest BCUT2D eigenvalue weighted by Crippen LogP contribution is 2.31. The molecule has 176 valence electrons. The van der Waals surface area contributed by atoms with Crippen molar-refractivity contribution in [1.29, 1.82) is 0 Å². The highest BCUT2D eigenvalue weighted by Gasteiger charge is 2.51. The summed E-state index contributed by atoms with van der Waals surface area (Å²) in [6.07, 6.45) is -5.06. The second-order valence-electron chi connectivity index (χ2n) is 6.55. The van der Waals surface area contributed by atoms with E-state index in [0.29, 0.717) is 0 Å². The minimum Gasteiger partial charge on any atom is -0.457 e. The van der Waals surface area contributed by atoms with Crippen molar-refractivity contribution in [3.8, 4) is 0 Å². The maximum Gasteiger partial charge on any atom is 0.510 e. The molecule has 0 aromatic heterocycles. The molecule has 0 amide bonds. The minimum atomic E-state index is -1.21. The molecule has 2 rings (SSSR count). The molecule has 0 aromatic carbocycles. The van der Waals surface area contributed by atoms with E-state index in [1.165, 1.54) is 6.92 Å². The molecular weight excluding hydrogens is 452 g/mol. The topological polar surface area (TPSA) is 185 Å². The summed E-state index contributed by atoms with van der Waals surface area (Å²) in [7, 11) is 0. The molecule has 0 aliphatic carbocycles. The lowest BCUT2D eigenvalue weighted by Gasteiger charge is -2.17. The van der Waals surface area contributed by atoms with Crippen LogP contribution in [0.3, 0.4) is 0 Å². The number of nitrogens with zero attached hydrogens (tertiary/aromatic N) is 2. The molecule has 6 atom stereocenters. The number of rotatable bonds is 12. The van der Waals surface area contributed by atoms with Crippen LogP contribution in [0.15, 0.2) is 0 Å². The zero-order chi connectivity index (χ0) is 23.0. The molecule has 2 saturated heterocycles. The summed E-state index contributed by atoms with van der Waals surface area (Å²) < 4.78 is 26.1.